The van der Waals surface area contributed by atoms with E-state index in [0.29, 0.717) is 0 Å². The second-order valence-electron chi connectivity index (χ2n) is 5.91. The van der Waals surface area contributed by atoms with E-state index in [1.54, 1.807) is 0 Å². The van der Waals surface area contributed by atoms with Crippen LogP contribution in [-0.4, -0.2) is 9.55 Å². The van der Waals surface area contributed by atoms with E-state index in [0.717, 1.165) is 17.6 Å². The molecule has 0 bridgehead atoms. The Hall–Kier alpha value is -2.68. The van der Waals surface area contributed by atoms with Crippen molar-refractivity contribution in [3.05, 3.63) is 67.3 Å². The Morgan fingerprint density at radius 2 is 1.61 bits per heavy atom. The van der Waals surface area contributed by atoms with Crippen molar-refractivity contribution in [2.24, 2.45) is 0 Å². The third kappa shape index (κ3) is 2.48. The zero-order valence-electron chi connectivity index (χ0n) is 13.3. The molecule has 0 saturated carbocycles. The molecule has 0 N–H and O–H groups in total. The summed E-state index contributed by atoms with van der Waals surface area (Å²) < 4.78 is 4.48. The van der Waals surface area contributed by atoms with Gasteiger partial charge in [0.15, 0.2) is 5.69 Å². The SMILES string of the molecule is CCCC[n+]1ccn(-c2c3ccccc3nc3ccccc23)c1. The first-order valence-corrected chi connectivity index (χ1v) is 8.21. The molecule has 0 aliphatic carbocycles. The normalized spacial score (nSPS) is 11.3. The molecule has 0 aliphatic rings. The number of aromatic nitrogens is 3. The van der Waals surface area contributed by atoms with Gasteiger partial charge in [-0.2, -0.15) is 0 Å². The van der Waals surface area contributed by atoms with E-state index >= 15 is 0 Å². The Morgan fingerprint density at radius 3 is 2.26 bits per heavy atom. The van der Waals surface area contributed by atoms with Crippen LogP contribution in [0.15, 0.2) is 67.3 Å². The summed E-state index contributed by atoms with van der Waals surface area (Å²) in [4.78, 5) is 4.80. The molecule has 114 valence electrons. The third-order valence-corrected chi connectivity index (χ3v) is 4.28. The van der Waals surface area contributed by atoms with Gasteiger partial charge in [-0.25, -0.2) is 14.1 Å². The van der Waals surface area contributed by atoms with Crippen molar-refractivity contribution in [1.82, 2.24) is 9.55 Å². The van der Waals surface area contributed by atoms with E-state index in [4.69, 9.17) is 4.98 Å². The standard InChI is InChI=1S/C20H20N3/c1-2-3-12-22-13-14-23(15-22)20-16-8-4-6-10-18(16)21-19-11-7-5-9-17(19)20/h4-11,13-15H,2-3,12H2,1H3/q+1. The fourth-order valence-corrected chi connectivity index (χ4v) is 3.10. The minimum absolute atomic E-state index is 1.04. The molecule has 0 fully saturated rings. The van der Waals surface area contributed by atoms with Gasteiger partial charge >= 0.3 is 0 Å². The first-order chi connectivity index (χ1) is 11.4. The summed E-state index contributed by atoms with van der Waals surface area (Å²) >= 11 is 0. The number of imidazole rings is 1. The molecular weight excluding hydrogens is 282 g/mol. The van der Waals surface area contributed by atoms with Crippen LogP contribution < -0.4 is 4.57 Å². The molecule has 0 saturated heterocycles. The molecule has 0 unspecified atom stereocenters. The Morgan fingerprint density at radius 1 is 0.957 bits per heavy atom. The van der Waals surface area contributed by atoms with Crippen molar-refractivity contribution in [2.45, 2.75) is 26.3 Å². The molecule has 0 aliphatic heterocycles. The average molecular weight is 302 g/mol. The third-order valence-electron chi connectivity index (χ3n) is 4.28. The zero-order valence-corrected chi connectivity index (χ0v) is 13.3. The van der Waals surface area contributed by atoms with Crippen LogP contribution in [0.5, 0.6) is 0 Å². The van der Waals surface area contributed by atoms with Crippen LogP contribution in [0, 0.1) is 0 Å². The molecular formula is C20H20N3+. The van der Waals surface area contributed by atoms with E-state index in [1.165, 1.54) is 29.3 Å². The summed E-state index contributed by atoms with van der Waals surface area (Å²) in [7, 11) is 0. The van der Waals surface area contributed by atoms with Crippen LogP contribution in [0.25, 0.3) is 27.5 Å². The highest BCUT2D eigenvalue weighted by Gasteiger charge is 2.15. The highest BCUT2D eigenvalue weighted by atomic mass is 15.1. The van der Waals surface area contributed by atoms with Gasteiger partial charge in [-0.15, -0.1) is 0 Å². The van der Waals surface area contributed by atoms with Gasteiger partial charge in [0.2, 0.25) is 6.33 Å². The van der Waals surface area contributed by atoms with Gasteiger partial charge in [0.1, 0.15) is 12.4 Å². The number of rotatable bonds is 4. The molecule has 3 nitrogen and oxygen atoms in total. The Kier molecular flexibility index (Phi) is 3.54. The first-order valence-electron chi connectivity index (χ1n) is 8.21. The summed E-state index contributed by atoms with van der Waals surface area (Å²) in [5.74, 6) is 0. The lowest BCUT2D eigenvalue weighted by atomic mass is 10.1. The highest BCUT2D eigenvalue weighted by molar-refractivity contribution is 6.03. The predicted molar refractivity (Wildman–Crippen MR) is 93.7 cm³/mol. The fourth-order valence-electron chi connectivity index (χ4n) is 3.10. The quantitative estimate of drug-likeness (QED) is 0.407. The number of unbranched alkanes of at least 4 members (excludes halogenated alkanes) is 1. The van der Waals surface area contributed by atoms with Crippen LogP contribution in [-0.2, 0) is 6.54 Å². The van der Waals surface area contributed by atoms with Crippen LogP contribution in [0.1, 0.15) is 19.8 Å². The summed E-state index contributed by atoms with van der Waals surface area (Å²) in [6, 6.07) is 16.7. The smallest absolute Gasteiger partial charge is 0.247 e. The molecule has 0 spiro atoms. The molecule has 23 heavy (non-hydrogen) atoms. The second kappa shape index (κ2) is 5.84. The van der Waals surface area contributed by atoms with Gasteiger partial charge in [-0.3, -0.25) is 0 Å². The number of fused-ring (bicyclic) bond motifs is 2. The van der Waals surface area contributed by atoms with Crippen molar-refractivity contribution >= 4 is 21.8 Å². The molecule has 2 aromatic heterocycles. The molecule has 0 radical (unpaired) electrons. The molecule has 4 aromatic rings. The van der Waals surface area contributed by atoms with Gasteiger partial charge < -0.3 is 0 Å². The van der Waals surface area contributed by atoms with E-state index < -0.39 is 0 Å². The molecule has 2 heterocycles. The number of pyridine rings is 1. The van der Waals surface area contributed by atoms with Crippen LogP contribution >= 0.6 is 0 Å². The Balaban J connectivity index is 1.97. The number of aryl methyl sites for hydroxylation is 1. The average Bonchev–Trinajstić information content (AvgIpc) is 3.06. The number of nitrogens with zero attached hydrogens (tertiary/aromatic N) is 3. The van der Waals surface area contributed by atoms with Gasteiger partial charge in [0.25, 0.3) is 0 Å². The Labute approximate surface area is 135 Å². The number of hydrogen-bond acceptors (Lipinski definition) is 1. The molecule has 0 amide bonds. The van der Waals surface area contributed by atoms with Gasteiger partial charge in [0, 0.05) is 10.8 Å². The Bertz CT molecular complexity index is 915. The fraction of sp³-hybridized carbons (Fsp3) is 0.200. The molecule has 2 aromatic carbocycles. The summed E-state index contributed by atoms with van der Waals surface area (Å²) in [6.45, 7) is 3.28. The topological polar surface area (TPSA) is 21.7 Å². The van der Waals surface area contributed by atoms with Gasteiger partial charge in [-0.05, 0) is 30.7 Å². The van der Waals surface area contributed by atoms with E-state index in [9.17, 15) is 0 Å². The minimum atomic E-state index is 1.04. The number of para-hydroxylation sites is 2. The van der Waals surface area contributed by atoms with E-state index in [-0.39, 0.29) is 0 Å². The van der Waals surface area contributed by atoms with E-state index in [1.807, 2.05) is 12.1 Å². The number of hydrogen-bond donors (Lipinski definition) is 0. The maximum Gasteiger partial charge on any atom is 0.249 e. The monoisotopic (exact) mass is 302 g/mol. The lowest BCUT2D eigenvalue weighted by molar-refractivity contribution is -0.696. The van der Waals surface area contributed by atoms with Crippen molar-refractivity contribution in [1.29, 1.82) is 0 Å². The predicted octanol–water partition coefficient (Wildman–Crippen LogP) is 4.27. The maximum atomic E-state index is 4.80. The van der Waals surface area contributed by atoms with Crippen LogP contribution in [0.2, 0.25) is 0 Å². The van der Waals surface area contributed by atoms with Gasteiger partial charge in [0.05, 0.1) is 17.6 Å². The molecule has 0 atom stereocenters. The molecule has 3 heteroatoms. The number of benzene rings is 2. The van der Waals surface area contributed by atoms with Crippen molar-refractivity contribution in [3.63, 3.8) is 0 Å². The minimum Gasteiger partial charge on any atom is -0.247 e. The summed E-state index contributed by atoms with van der Waals surface area (Å²) in [5.41, 5.74) is 3.28. The largest absolute Gasteiger partial charge is 0.249 e. The zero-order chi connectivity index (χ0) is 15.6. The van der Waals surface area contributed by atoms with Crippen molar-refractivity contribution in [3.8, 4) is 5.69 Å². The highest BCUT2D eigenvalue weighted by Crippen LogP contribution is 2.28. The van der Waals surface area contributed by atoms with Crippen molar-refractivity contribution < 1.29 is 4.57 Å². The lowest BCUT2D eigenvalue weighted by Gasteiger charge is -2.07. The van der Waals surface area contributed by atoms with Crippen molar-refractivity contribution in [2.75, 3.05) is 0 Å². The van der Waals surface area contributed by atoms with E-state index in [2.05, 4.69) is 71.2 Å². The summed E-state index contributed by atoms with van der Waals surface area (Å²) in [6.07, 6.45) is 8.89. The first kappa shape index (κ1) is 13.9. The molecule has 4 rings (SSSR count). The maximum absolute atomic E-state index is 4.80. The second-order valence-corrected chi connectivity index (χ2v) is 5.91. The lowest BCUT2D eigenvalue weighted by Crippen LogP contribution is -2.30. The summed E-state index contributed by atoms with van der Waals surface area (Å²) in [5, 5.41) is 2.37. The van der Waals surface area contributed by atoms with Crippen LogP contribution in [0.3, 0.4) is 0 Å². The van der Waals surface area contributed by atoms with Gasteiger partial charge in [-0.1, -0.05) is 37.6 Å². The van der Waals surface area contributed by atoms with Crippen LogP contribution in [0.4, 0.5) is 0 Å².